The van der Waals surface area contributed by atoms with Crippen LogP contribution < -0.4 is 10.1 Å². The Bertz CT molecular complexity index is 677. The van der Waals surface area contributed by atoms with Crippen LogP contribution in [0.15, 0.2) is 53.7 Å². The third kappa shape index (κ3) is 6.37. The van der Waals surface area contributed by atoms with Gasteiger partial charge >= 0.3 is 0 Å². The van der Waals surface area contributed by atoms with Crippen LogP contribution in [0.2, 0.25) is 0 Å². The molecule has 0 bridgehead atoms. The average molecular weight is 356 g/mol. The minimum Gasteiger partial charge on any atom is -0.475 e. The zero-order valence-electron chi connectivity index (χ0n) is 15.8. The lowest BCUT2D eigenvalue weighted by Gasteiger charge is -2.22. The number of benzene rings is 1. The largest absolute Gasteiger partial charge is 0.475 e. The van der Waals surface area contributed by atoms with Gasteiger partial charge in [-0.2, -0.15) is 0 Å². The minimum atomic E-state index is 0.470. The molecule has 6 nitrogen and oxygen atoms in total. The Labute approximate surface area is 155 Å². The molecule has 26 heavy (non-hydrogen) atoms. The highest BCUT2D eigenvalue weighted by Crippen LogP contribution is 2.15. The van der Waals surface area contributed by atoms with Gasteiger partial charge in [-0.3, -0.25) is 0 Å². The predicted octanol–water partition coefficient (Wildman–Crippen LogP) is 2.70. The lowest BCUT2D eigenvalue weighted by atomic mass is 10.2. The smallest absolute Gasteiger partial charge is 0.218 e. The van der Waals surface area contributed by atoms with E-state index in [2.05, 4.69) is 34.3 Å². The molecule has 140 valence electrons. The van der Waals surface area contributed by atoms with Crippen molar-refractivity contribution in [2.75, 3.05) is 33.9 Å². The van der Waals surface area contributed by atoms with E-state index in [1.165, 1.54) is 5.56 Å². The normalized spacial score (nSPS) is 11.3. The van der Waals surface area contributed by atoms with Crippen LogP contribution in [-0.4, -0.2) is 49.8 Å². The van der Waals surface area contributed by atoms with E-state index in [9.17, 15) is 0 Å². The monoisotopic (exact) mass is 356 g/mol. The Morgan fingerprint density at radius 2 is 1.96 bits per heavy atom. The molecule has 2 rings (SSSR count). The molecule has 0 spiro atoms. The molecular weight excluding hydrogens is 328 g/mol. The summed E-state index contributed by atoms with van der Waals surface area (Å²) >= 11 is 0. The highest BCUT2D eigenvalue weighted by molar-refractivity contribution is 5.79. The van der Waals surface area contributed by atoms with Crippen molar-refractivity contribution in [3.8, 4) is 5.88 Å². The molecule has 0 aliphatic heterocycles. The fraction of sp³-hybridized carbons (Fsp3) is 0.400. The zero-order chi connectivity index (χ0) is 18.6. The van der Waals surface area contributed by atoms with E-state index in [0.717, 1.165) is 24.6 Å². The first-order chi connectivity index (χ1) is 12.7. The summed E-state index contributed by atoms with van der Waals surface area (Å²) in [6, 6.07) is 14.2. The molecule has 1 N–H and O–H groups in total. The van der Waals surface area contributed by atoms with Gasteiger partial charge in [0.1, 0.15) is 6.61 Å². The van der Waals surface area contributed by atoms with Crippen LogP contribution in [-0.2, 0) is 17.8 Å². The van der Waals surface area contributed by atoms with Crippen LogP contribution in [0.4, 0.5) is 0 Å². The number of nitrogens with zero attached hydrogens (tertiary/aromatic N) is 3. The number of hydrogen-bond acceptors (Lipinski definition) is 4. The Balaban J connectivity index is 2.06. The van der Waals surface area contributed by atoms with Gasteiger partial charge in [-0.25, -0.2) is 9.98 Å². The van der Waals surface area contributed by atoms with E-state index in [4.69, 9.17) is 14.5 Å². The highest BCUT2D eigenvalue weighted by Gasteiger charge is 2.08. The minimum absolute atomic E-state index is 0.470. The van der Waals surface area contributed by atoms with Gasteiger partial charge in [0.15, 0.2) is 5.96 Å². The Morgan fingerprint density at radius 1 is 1.15 bits per heavy atom. The molecule has 2 aromatic rings. The number of guanidine groups is 1. The number of hydrogen-bond donors (Lipinski definition) is 1. The number of methoxy groups -OCH3 is 1. The Morgan fingerprint density at radius 3 is 2.69 bits per heavy atom. The highest BCUT2D eigenvalue weighted by atomic mass is 16.5. The lowest BCUT2D eigenvalue weighted by molar-refractivity contribution is 0.143. The van der Waals surface area contributed by atoms with E-state index >= 15 is 0 Å². The fourth-order valence-corrected chi connectivity index (χ4v) is 2.46. The standard InChI is InChI=1S/C20H28N4O2/c1-4-21-20(24(2)16-17-9-6-5-7-10-17)23-15-18-11-8-12-22-19(18)26-14-13-25-3/h5-12H,4,13-16H2,1-3H3,(H,21,23). The first-order valence-corrected chi connectivity index (χ1v) is 8.83. The molecule has 0 fully saturated rings. The van der Waals surface area contributed by atoms with E-state index in [1.54, 1.807) is 13.3 Å². The van der Waals surface area contributed by atoms with Crippen LogP contribution >= 0.6 is 0 Å². The molecule has 0 aliphatic carbocycles. The van der Waals surface area contributed by atoms with Gasteiger partial charge in [0.05, 0.1) is 13.2 Å². The summed E-state index contributed by atoms with van der Waals surface area (Å²) in [4.78, 5) is 11.2. The zero-order valence-corrected chi connectivity index (χ0v) is 15.8. The average Bonchev–Trinajstić information content (AvgIpc) is 2.67. The van der Waals surface area contributed by atoms with E-state index in [1.807, 2.05) is 37.4 Å². The van der Waals surface area contributed by atoms with Crippen LogP contribution in [0.3, 0.4) is 0 Å². The van der Waals surface area contributed by atoms with E-state index in [0.29, 0.717) is 25.6 Å². The van der Waals surface area contributed by atoms with Crippen molar-refractivity contribution >= 4 is 5.96 Å². The molecule has 1 heterocycles. The summed E-state index contributed by atoms with van der Waals surface area (Å²) in [5, 5.41) is 3.34. The van der Waals surface area contributed by atoms with Gasteiger partial charge in [0.2, 0.25) is 5.88 Å². The molecule has 0 amide bonds. The summed E-state index contributed by atoms with van der Waals surface area (Å²) < 4.78 is 10.7. The van der Waals surface area contributed by atoms with Crippen LogP contribution in [0.5, 0.6) is 5.88 Å². The van der Waals surface area contributed by atoms with Crippen molar-refractivity contribution in [2.45, 2.75) is 20.0 Å². The number of nitrogens with one attached hydrogen (secondary N) is 1. The van der Waals surface area contributed by atoms with E-state index < -0.39 is 0 Å². The number of pyridine rings is 1. The van der Waals surface area contributed by atoms with Gasteiger partial charge in [0, 0.05) is 39.0 Å². The first kappa shape index (κ1) is 19.7. The molecule has 0 saturated carbocycles. The molecule has 6 heteroatoms. The van der Waals surface area contributed by atoms with Crippen molar-refractivity contribution in [2.24, 2.45) is 4.99 Å². The Kier molecular flexibility index (Phi) is 8.42. The summed E-state index contributed by atoms with van der Waals surface area (Å²) in [5.41, 5.74) is 2.19. The van der Waals surface area contributed by atoms with Gasteiger partial charge in [-0.15, -0.1) is 0 Å². The second-order valence-electron chi connectivity index (χ2n) is 5.82. The van der Waals surface area contributed by atoms with Gasteiger partial charge in [0.25, 0.3) is 0 Å². The van der Waals surface area contributed by atoms with E-state index in [-0.39, 0.29) is 0 Å². The van der Waals surface area contributed by atoms with Gasteiger partial charge in [-0.05, 0) is 18.6 Å². The molecule has 0 aliphatic rings. The molecule has 0 atom stereocenters. The number of ether oxygens (including phenoxy) is 2. The van der Waals surface area contributed by atoms with Crippen molar-refractivity contribution in [1.29, 1.82) is 0 Å². The maximum atomic E-state index is 5.69. The molecule has 0 saturated heterocycles. The number of aliphatic imine (C=N–C) groups is 1. The summed E-state index contributed by atoms with van der Waals surface area (Å²) in [6.45, 7) is 5.16. The maximum Gasteiger partial charge on any atom is 0.218 e. The van der Waals surface area contributed by atoms with Crippen molar-refractivity contribution in [1.82, 2.24) is 15.2 Å². The third-order valence-electron chi connectivity index (χ3n) is 3.73. The van der Waals surface area contributed by atoms with Crippen LogP contribution in [0.1, 0.15) is 18.1 Å². The topological polar surface area (TPSA) is 59.0 Å². The maximum absolute atomic E-state index is 5.69. The Hall–Kier alpha value is -2.60. The quantitative estimate of drug-likeness (QED) is 0.425. The van der Waals surface area contributed by atoms with Gasteiger partial charge in [-0.1, -0.05) is 36.4 Å². The fourth-order valence-electron chi connectivity index (χ4n) is 2.46. The third-order valence-corrected chi connectivity index (χ3v) is 3.73. The predicted molar refractivity (Wildman–Crippen MR) is 104 cm³/mol. The molecule has 1 aromatic heterocycles. The second kappa shape index (κ2) is 11.1. The molecule has 1 aromatic carbocycles. The van der Waals surface area contributed by atoms with Crippen molar-refractivity contribution in [3.05, 3.63) is 59.8 Å². The van der Waals surface area contributed by atoms with Crippen molar-refractivity contribution < 1.29 is 9.47 Å². The molecule has 0 radical (unpaired) electrons. The molecule has 0 unspecified atom stereocenters. The number of aromatic nitrogens is 1. The summed E-state index contributed by atoms with van der Waals surface area (Å²) in [5.74, 6) is 1.46. The van der Waals surface area contributed by atoms with Crippen LogP contribution in [0.25, 0.3) is 0 Å². The van der Waals surface area contributed by atoms with Crippen molar-refractivity contribution in [3.63, 3.8) is 0 Å². The second-order valence-corrected chi connectivity index (χ2v) is 5.82. The summed E-state index contributed by atoms with van der Waals surface area (Å²) in [6.07, 6.45) is 1.72. The SMILES string of the molecule is CCNC(=NCc1cccnc1OCCOC)N(C)Cc1ccccc1. The van der Waals surface area contributed by atoms with Gasteiger partial charge < -0.3 is 19.7 Å². The molecular formula is C20H28N4O2. The number of rotatable bonds is 9. The first-order valence-electron chi connectivity index (χ1n) is 8.83. The van der Waals surface area contributed by atoms with Crippen LogP contribution in [0, 0.1) is 0 Å². The summed E-state index contributed by atoms with van der Waals surface area (Å²) in [7, 11) is 3.69. The lowest BCUT2D eigenvalue weighted by Crippen LogP contribution is -2.38.